The van der Waals surface area contributed by atoms with Gasteiger partial charge in [0.2, 0.25) is 0 Å². The second-order valence-electron chi connectivity index (χ2n) is 5.01. The lowest BCUT2D eigenvalue weighted by molar-refractivity contribution is 0.763. The number of nitrogens with one attached hydrogen (secondary N) is 1. The van der Waals surface area contributed by atoms with Crippen molar-refractivity contribution in [2.75, 3.05) is 5.32 Å². The third-order valence-electron chi connectivity index (χ3n) is 2.94. The lowest BCUT2D eigenvalue weighted by Gasteiger charge is -2.16. The first-order valence-electron chi connectivity index (χ1n) is 6.52. The Bertz CT molecular complexity index is 601. The van der Waals surface area contributed by atoms with Crippen molar-refractivity contribution in [3.05, 3.63) is 51.3 Å². The lowest BCUT2D eigenvalue weighted by Crippen LogP contribution is -2.10. The lowest BCUT2D eigenvalue weighted by atomic mass is 10.1. The number of hydrogen-bond acceptors (Lipinski definition) is 3. The molecule has 1 aromatic heterocycles. The van der Waals surface area contributed by atoms with E-state index in [-0.39, 0.29) is 12.0 Å². The summed E-state index contributed by atoms with van der Waals surface area (Å²) in [6.07, 6.45) is 0. The summed E-state index contributed by atoms with van der Waals surface area (Å²) >= 11 is 9.45. The van der Waals surface area contributed by atoms with Gasteiger partial charge in [0.25, 0.3) is 0 Å². The molecule has 106 valence electrons. The van der Waals surface area contributed by atoms with Gasteiger partial charge in [0.1, 0.15) is 16.2 Å². The Hall–Kier alpha value is -1.13. The number of nitrogens with zero attached hydrogens (tertiary/aromatic N) is 2. The van der Waals surface area contributed by atoms with Crippen LogP contribution in [0, 0.1) is 0 Å². The highest BCUT2D eigenvalue weighted by molar-refractivity contribution is 9.10. The van der Waals surface area contributed by atoms with E-state index < -0.39 is 0 Å². The van der Waals surface area contributed by atoms with Crippen LogP contribution in [0.1, 0.15) is 44.1 Å². The molecule has 0 radical (unpaired) electrons. The summed E-state index contributed by atoms with van der Waals surface area (Å²) in [7, 11) is 0. The number of benzene rings is 1. The fraction of sp³-hybridized carbons (Fsp3) is 0.333. The van der Waals surface area contributed by atoms with E-state index in [1.165, 1.54) is 0 Å². The van der Waals surface area contributed by atoms with Crippen molar-refractivity contribution in [3.63, 3.8) is 0 Å². The molecule has 0 fully saturated rings. The summed E-state index contributed by atoms with van der Waals surface area (Å²) in [5.41, 5.74) is 1.12. The average Bonchev–Trinajstić information content (AvgIpc) is 2.37. The first kappa shape index (κ1) is 15.3. The summed E-state index contributed by atoms with van der Waals surface area (Å²) < 4.78 is 0.789. The number of hydrogen-bond donors (Lipinski definition) is 1. The van der Waals surface area contributed by atoms with Crippen molar-refractivity contribution in [1.82, 2.24) is 9.97 Å². The molecule has 2 rings (SSSR count). The Labute approximate surface area is 132 Å². The number of rotatable bonds is 4. The van der Waals surface area contributed by atoms with Crippen LogP contribution in [0.4, 0.5) is 5.82 Å². The predicted octanol–water partition coefficient (Wildman–Crippen LogP) is 5.19. The normalized spacial score (nSPS) is 12.5. The molecule has 0 aliphatic rings. The molecule has 1 N–H and O–H groups in total. The molecular weight excluding hydrogens is 338 g/mol. The summed E-state index contributed by atoms with van der Waals surface area (Å²) in [6.45, 7) is 6.23. The first-order chi connectivity index (χ1) is 9.45. The summed E-state index contributed by atoms with van der Waals surface area (Å²) in [6, 6.07) is 9.83. The second kappa shape index (κ2) is 6.55. The zero-order valence-corrected chi connectivity index (χ0v) is 14.0. The fourth-order valence-corrected chi connectivity index (χ4v) is 2.45. The first-order valence-corrected chi connectivity index (χ1v) is 7.69. The van der Waals surface area contributed by atoms with E-state index in [0.29, 0.717) is 0 Å². The maximum atomic E-state index is 6.02. The van der Waals surface area contributed by atoms with Crippen molar-refractivity contribution in [3.8, 4) is 0 Å². The molecule has 1 atom stereocenters. The van der Waals surface area contributed by atoms with Gasteiger partial charge in [-0.1, -0.05) is 37.6 Å². The zero-order chi connectivity index (χ0) is 14.7. The Morgan fingerprint density at radius 3 is 2.55 bits per heavy atom. The van der Waals surface area contributed by atoms with Gasteiger partial charge >= 0.3 is 0 Å². The van der Waals surface area contributed by atoms with Crippen LogP contribution in [0.2, 0.25) is 5.02 Å². The van der Waals surface area contributed by atoms with E-state index >= 15 is 0 Å². The Balaban J connectivity index is 2.21. The molecule has 0 amide bonds. The van der Waals surface area contributed by atoms with Gasteiger partial charge in [-0.25, -0.2) is 9.97 Å². The molecule has 3 nitrogen and oxygen atoms in total. The molecule has 0 aliphatic carbocycles. The minimum absolute atomic E-state index is 0.121. The Morgan fingerprint density at radius 1 is 1.15 bits per heavy atom. The van der Waals surface area contributed by atoms with E-state index in [2.05, 4.69) is 52.0 Å². The van der Waals surface area contributed by atoms with Crippen LogP contribution in [0.3, 0.4) is 0 Å². The average molecular weight is 355 g/mol. The fourth-order valence-electron chi connectivity index (χ4n) is 1.85. The predicted molar refractivity (Wildman–Crippen MR) is 87.3 cm³/mol. The highest BCUT2D eigenvalue weighted by Gasteiger charge is 2.10. The maximum absolute atomic E-state index is 6.02. The van der Waals surface area contributed by atoms with Crippen LogP contribution >= 0.6 is 27.5 Å². The molecule has 0 bridgehead atoms. The van der Waals surface area contributed by atoms with Gasteiger partial charge in [-0.05, 0) is 40.5 Å². The van der Waals surface area contributed by atoms with Crippen molar-refractivity contribution in [2.45, 2.75) is 32.7 Å². The number of halogens is 2. The van der Waals surface area contributed by atoms with E-state index in [1.54, 1.807) is 0 Å². The van der Waals surface area contributed by atoms with Gasteiger partial charge in [-0.15, -0.1) is 0 Å². The highest BCUT2D eigenvalue weighted by atomic mass is 79.9. The molecule has 2 aromatic rings. The molecule has 0 saturated carbocycles. The van der Waals surface area contributed by atoms with Crippen molar-refractivity contribution < 1.29 is 0 Å². The van der Waals surface area contributed by atoms with Gasteiger partial charge in [-0.2, -0.15) is 0 Å². The zero-order valence-electron chi connectivity index (χ0n) is 11.7. The summed E-state index contributed by atoms with van der Waals surface area (Å²) in [5, 5.41) is 4.12. The molecule has 0 saturated heterocycles. The Morgan fingerprint density at radius 2 is 1.90 bits per heavy atom. The molecule has 20 heavy (non-hydrogen) atoms. The van der Waals surface area contributed by atoms with E-state index in [1.807, 2.05) is 30.3 Å². The quantitative estimate of drug-likeness (QED) is 0.768. The molecular formula is C15H17BrClN3. The van der Waals surface area contributed by atoms with Gasteiger partial charge in [0.15, 0.2) is 0 Å². The largest absolute Gasteiger partial charge is 0.363 e. The smallest absolute Gasteiger partial charge is 0.134 e. The monoisotopic (exact) mass is 353 g/mol. The standard InChI is InChI=1S/C15H17BrClN3/c1-9(2)15-19-13(16)8-14(20-15)18-10(3)11-5-4-6-12(17)7-11/h4-10H,1-3H3,(H,18,19,20). The molecule has 1 unspecified atom stereocenters. The second-order valence-corrected chi connectivity index (χ2v) is 6.26. The maximum Gasteiger partial charge on any atom is 0.134 e. The summed E-state index contributed by atoms with van der Waals surface area (Å²) in [5.74, 6) is 1.91. The van der Waals surface area contributed by atoms with E-state index in [9.17, 15) is 0 Å². The van der Waals surface area contributed by atoms with Gasteiger partial charge in [0, 0.05) is 23.0 Å². The van der Waals surface area contributed by atoms with Crippen molar-refractivity contribution in [2.24, 2.45) is 0 Å². The van der Waals surface area contributed by atoms with Crippen LogP contribution in [-0.4, -0.2) is 9.97 Å². The topological polar surface area (TPSA) is 37.8 Å². The van der Waals surface area contributed by atoms with Gasteiger partial charge < -0.3 is 5.32 Å². The van der Waals surface area contributed by atoms with Gasteiger partial charge in [0.05, 0.1) is 0 Å². The van der Waals surface area contributed by atoms with Crippen LogP contribution in [0.15, 0.2) is 34.9 Å². The number of anilines is 1. The van der Waals surface area contributed by atoms with E-state index in [4.69, 9.17) is 11.6 Å². The van der Waals surface area contributed by atoms with Crippen LogP contribution < -0.4 is 5.32 Å². The molecule has 1 aromatic carbocycles. The third kappa shape index (κ3) is 3.93. The Kier molecular flexibility index (Phi) is 5.00. The molecule has 1 heterocycles. The van der Waals surface area contributed by atoms with E-state index in [0.717, 1.165) is 26.8 Å². The minimum Gasteiger partial charge on any atom is -0.363 e. The highest BCUT2D eigenvalue weighted by Crippen LogP contribution is 2.23. The van der Waals surface area contributed by atoms with Gasteiger partial charge in [-0.3, -0.25) is 0 Å². The minimum atomic E-state index is 0.121. The van der Waals surface area contributed by atoms with Crippen LogP contribution in [0.25, 0.3) is 0 Å². The third-order valence-corrected chi connectivity index (χ3v) is 3.58. The molecule has 0 aliphatic heterocycles. The number of aromatic nitrogens is 2. The van der Waals surface area contributed by atoms with Crippen molar-refractivity contribution in [1.29, 1.82) is 0 Å². The van der Waals surface area contributed by atoms with Crippen molar-refractivity contribution >= 4 is 33.3 Å². The van der Waals surface area contributed by atoms with Crippen LogP contribution in [-0.2, 0) is 0 Å². The van der Waals surface area contributed by atoms with Crippen LogP contribution in [0.5, 0.6) is 0 Å². The molecule has 5 heteroatoms. The molecule has 0 spiro atoms. The summed E-state index contributed by atoms with van der Waals surface area (Å²) in [4.78, 5) is 8.91. The SMILES string of the molecule is CC(C)c1nc(Br)cc(NC(C)c2cccc(Cl)c2)n1.